The second kappa shape index (κ2) is 3.59. The maximum absolute atomic E-state index is 11.1. The molecule has 5 heteroatoms. The number of amidine groups is 1. The fourth-order valence-corrected chi connectivity index (χ4v) is 2.69. The van der Waals surface area contributed by atoms with Gasteiger partial charge in [-0.2, -0.15) is 0 Å². The Bertz CT molecular complexity index is 444. The van der Waals surface area contributed by atoms with Crippen LogP contribution in [0.2, 0.25) is 0 Å². The van der Waals surface area contributed by atoms with E-state index in [-0.39, 0.29) is 23.3 Å². The minimum absolute atomic E-state index is 0.112. The fourth-order valence-electron chi connectivity index (χ4n) is 1.56. The van der Waals surface area contributed by atoms with Crippen molar-refractivity contribution in [1.82, 2.24) is 10.6 Å². The number of carbonyl (C=O) groups is 1. The van der Waals surface area contributed by atoms with Crippen LogP contribution in [-0.4, -0.2) is 11.9 Å². The first-order valence-electron chi connectivity index (χ1n) is 5.14. The molecule has 2 heterocycles. The molecule has 0 radical (unpaired) electrons. The molecule has 0 spiro atoms. The van der Waals surface area contributed by atoms with Gasteiger partial charge >= 0.3 is 6.03 Å². The summed E-state index contributed by atoms with van der Waals surface area (Å²) in [4.78, 5) is 13.4. The molecule has 1 aromatic heterocycles. The summed E-state index contributed by atoms with van der Waals surface area (Å²) in [6.45, 7) is 6.46. The summed E-state index contributed by atoms with van der Waals surface area (Å²) in [7, 11) is 0. The second-order valence-corrected chi connectivity index (χ2v) is 6.01. The number of hydrogen-bond acceptors (Lipinski definition) is 3. The van der Waals surface area contributed by atoms with Crippen LogP contribution in [0, 0.1) is 5.41 Å². The molecule has 86 valence electrons. The Morgan fingerprint density at radius 2 is 2.06 bits per heavy atom. The lowest BCUT2D eigenvalue weighted by molar-refractivity contribution is 0.248. The Labute approximate surface area is 98.6 Å². The zero-order valence-corrected chi connectivity index (χ0v) is 10.4. The lowest BCUT2D eigenvalue weighted by Crippen LogP contribution is -2.22. The van der Waals surface area contributed by atoms with E-state index in [9.17, 15) is 4.79 Å². The van der Waals surface area contributed by atoms with Crippen LogP contribution in [0.4, 0.5) is 4.79 Å². The topological polar surface area (TPSA) is 65.0 Å². The van der Waals surface area contributed by atoms with Gasteiger partial charge in [0.05, 0.1) is 0 Å². The number of carbonyl (C=O) groups excluding carboxylic acids is 1. The summed E-state index contributed by atoms with van der Waals surface area (Å²) in [5.74, 6) is 0.229. The highest BCUT2D eigenvalue weighted by Gasteiger charge is 2.29. The molecule has 4 nitrogen and oxygen atoms in total. The number of rotatable bonds is 1. The number of urea groups is 1. The fraction of sp³-hybridized carbons (Fsp3) is 0.455. The Hall–Kier alpha value is -1.36. The zero-order valence-electron chi connectivity index (χ0n) is 9.55. The van der Waals surface area contributed by atoms with Crippen molar-refractivity contribution < 1.29 is 4.79 Å². The first-order chi connectivity index (χ1) is 7.38. The van der Waals surface area contributed by atoms with Gasteiger partial charge in [-0.15, -0.1) is 11.3 Å². The van der Waals surface area contributed by atoms with Gasteiger partial charge in [0, 0.05) is 9.75 Å². The maximum atomic E-state index is 11.1. The summed E-state index contributed by atoms with van der Waals surface area (Å²) >= 11 is 1.65. The lowest BCUT2D eigenvalue weighted by atomic mass is 9.95. The van der Waals surface area contributed by atoms with Crippen molar-refractivity contribution in [2.24, 2.45) is 0 Å². The van der Waals surface area contributed by atoms with Crippen molar-refractivity contribution >= 4 is 23.2 Å². The molecule has 1 aliphatic rings. The molecule has 0 aromatic carbocycles. The molecule has 2 amide bonds. The molecule has 1 unspecified atom stereocenters. The average molecular weight is 237 g/mol. The standard InChI is InChI=1S/C11H15N3OS/c1-11(2,3)7-5-4-6(16-7)8-9(12)14-10(15)13-8/h4-5,8H,1-3H3,(H3,12,13,14,15). The van der Waals surface area contributed by atoms with Gasteiger partial charge in [0.2, 0.25) is 0 Å². The Morgan fingerprint density at radius 1 is 1.38 bits per heavy atom. The van der Waals surface area contributed by atoms with E-state index in [1.807, 2.05) is 6.07 Å². The molecule has 2 rings (SSSR count). The van der Waals surface area contributed by atoms with E-state index in [1.54, 1.807) is 11.3 Å². The normalized spacial score (nSPS) is 20.8. The van der Waals surface area contributed by atoms with E-state index in [4.69, 9.17) is 5.41 Å². The van der Waals surface area contributed by atoms with Gasteiger partial charge in [-0.3, -0.25) is 10.7 Å². The summed E-state index contributed by atoms with van der Waals surface area (Å²) in [6, 6.07) is 3.46. The monoisotopic (exact) mass is 237 g/mol. The van der Waals surface area contributed by atoms with Gasteiger partial charge in [-0.25, -0.2) is 4.79 Å². The van der Waals surface area contributed by atoms with Gasteiger partial charge in [0.15, 0.2) is 0 Å². The third kappa shape index (κ3) is 1.95. The van der Waals surface area contributed by atoms with Gasteiger partial charge in [-0.1, -0.05) is 20.8 Å². The summed E-state index contributed by atoms with van der Waals surface area (Å²) in [5, 5.41) is 12.8. The Balaban J connectivity index is 2.26. The molecule has 0 aliphatic carbocycles. The smallest absolute Gasteiger partial charge is 0.321 e. The van der Waals surface area contributed by atoms with E-state index in [1.165, 1.54) is 4.88 Å². The Kier molecular flexibility index (Phi) is 2.50. The van der Waals surface area contributed by atoms with Crippen molar-refractivity contribution in [3.8, 4) is 0 Å². The molecule has 1 aliphatic heterocycles. The molecule has 1 atom stereocenters. The first-order valence-corrected chi connectivity index (χ1v) is 5.96. The largest absolute Gasteiger partial charge is 0.323 e. The van der Waals surface area contributed by atoms with Crippen molar-refractivity contribution in [3.05, 3.63) is 21.9 Å². The third-order valence-electron chi connectivity index (χ3n) is 2.46. The molecule has 0 bridgehead atoms. The maximum Gasteiger partial charge on any atom is 0.321 e. The van der Waals surface area contributed by atoms with Crippen LogP contribution in [-0.2, 0) is 5.41 Å². The molecule has 1 fully saturated rings. The van der Waals surface area contributed by atoms with Crippen LogP contribution in [0.15, 0.2) is 12.1 Å². The molecular weight excluding hydrogens is 222 g/mol. The van der Waals surface area contributed by atoms with E-state index < -0.39 is 0 Å². The molecule has 1 aromatic rings. The molecule has 16 heavy (non-hydrogen) atoms. The SMILES string of the molecule is CC(C)(C)c1ccc(C2NC(=O)NC2=N)s1. The molecule has 1 saturated heterocycles. The predicted molar refractivity (Wildman–Crippen MR) is 65.2 cm³/mol. The van der Waals surface area contributed by atoms with Crippen LogP contribution in [0.1, 0.15) is 36.6 Å². The van der Waals surface area contributed by atoms with E-state index in [0.717, 1.165) is 4.88 Å². The van der Waals surface area contributed by atoms with Crippen LogP contribution >= 0.6 is 11.3 Å². The minimum Gasteiger partial charge on any atom is -0.323 e. The number of amides is 2. The van der Waals surface area contributed by atoms with Crippen LogP contribution < -0.4 is 10.6 Å². The highest BCUT2D eigenvalue weighted by atomic mass is 32.1. The Morgan fingerprint density at radius 3 is 2.50 bits per heavy atom. The lowest BCUT2D eigenvalue weighted by Gasteiger charge is -2.15. The first kappa shape index (κ1) is 11.1. The summed E-state index contributed by atoms with van der Waals surface area (Å²) in [5.41, 5.74) is 0.112. The van der Waals surface area contributed by atoms with Crippen LogP contribution in [0.25, 0.3) is 0 Å². The van der Waals surface area contributed by atoms with E-state index in [0.29, 0.717) is 0 Å². The van der Waals surface area contributed by atoms with E-state index in [2.05, 4.69) is 37.5 Å². The second-order valence-electron chi connectivity index (χ2n) is 4.90. The number of nitrogens with one attached hydrogen (secondary N) is 3. The van der Waals surface area contributed by atoms with Crippen molar-refractivity contribution in [2.45, 2.75) is 32.2 Å². The van der Waals surface area contributed by atoms with Crippen molar-refractivity contribution in [1.29, 1.82) is 5.41 Å². The van der Waals surface area contributed by atoms with Gasteiger partial charge in [-0.05, 0) is 17.5 Å². The quantitative estimate of drug-likeness (QED) is 0.690. The summed E-state index contributed by atoms with van der Waals surface area (Å²) < 4.78 is 0. The van der Waals surface area contributed by atoms with Crippen molar-refractivity contribution in [3.63, 3.8) is 0 Å². The summed E-state index contributed by atoms with van der Waals surface area (Å²) in [6.07, 6.45) is 0. The molecule has 3 N–H and O–H groups in total. The van der Waals surface area contributed by atoms with Gasteiger partial charge < -0.3 is 5.32 Å². The minimum atomic E-state index is -0.298. The highest BCUT2D eigenvalue weighted by molar-refractivity contribution is 7.12. The molecule has 0 saturated carbocycles. The average Bonchev–Trinajstić information content (AvgIpc) is 2.70. The highest BCUT2D eigenvalue weighted by Crippen LogP contribution is 2.33. The molecular formula is C11H15N3OS. The zero-order chi connectivity index (χ0) is 11.9. The predicted octanol–water partition coefficient (Wildman–Crippen LogP) is 2.38. The van der Waals surface area contributed by atoms with Crippen LogP contribution in [0.5, 0.6) is 0 Å². The van der Waals surface area contributed by atoms with Gasteiger partial charge in [0.25, 0.3) is 0 Å². The third-order valence-corrected chi connectivity index (χ3v) is 4.04. The van der Waals surface area contributed by atoms with Gasteiger partial charge in [0.1, 0.15) is 11.9 Å². The number of hydrogen-bond donors (Lipinski definition) is 3. The number of thiophene rings is 1. The van der Waals surface area contributed by atoms with Crippen LogP contribution in [0.3, 0.4) is 0 Å². The van der Waals surface area contributed by atoms with Crippen molar-refractivity contribution in [2.75, 3.05) is 0 Å². The van der Waals surface area contributed by atoms with E-state index >= 15 is 0 Å².